The van der Waals surface area contributed by atoms with Gasteiger partial charge in [0.1, 0.15) is 5.69 Å². The topological polar surface area (TPSA) is 55.2 Å². The molecule has 2 aromatic rings. The van der Waals surface area contributed by atoms with Gasteiger partial charge in [-0.05, 0) is 50.0 Å². The summed E-state index contributed by atoms with van der Waals surface area (Å²) in [6.07, 6.45) is 2.93. The van der Waals surface area contributed by atoms with E-state index in [4.69, 9.17) is 0 Å². The van der Waals surface area contributed by atoms with Crippen molar-refractivity contribution in [1.82, 2.24) is 9.78 Å². The van der Waals surface area contributed by atoms with Gasteiger partial charge >= 0.3 is 6.18 Å². The lowest BCUT2D eigenvalue weighted by atomic mass is 10.1. The molecule has 1 aliphatic rings. The van der Waals surface area contributed by atoms with E-state index in [1.54, 1.807) is 0 Å². The summed E-state index contributed by atoms with van der Waals surface area (Å²) in [5.41, 5.74) is -0.128. The van der Waals surface area contributed by atoms with Crippen LogP contribution in [0.4, 0.5) is 18.9 Å². The Balaban J connectivity index is 1.91. The van der Waals surface area contributed by atoms with Gasteiger partial charge in [0.15, 0.2) is 5.78 Å². The fraction of sp³-hybridized carbons (Fsp3) is 0.381. The van der Waals surface area contributed by atoms with Crippen LogP contribution in [0, 0.1) is 11.2 Å². The van der Waals surface area contributed by atoms with E-state index in [-0.39, 0.29) is 36.0 Å². The molecule has 5 nitrogen and oxygen atoms in total. The summed E-state index contributed by atoms with van der Waals surface area (Å²) in [4.78, 5) is 27.2. The van der Waals surface area contributed by atoms with Crippen LogP contribution in [0.5, 0.6) is 0 Å². The molecule has 1 aromatic heterocycles. The normalized spacial score (nSPS) is 17.2. The predicted molar refractivity (Wildman–Crippen MR) is 112 cm³/mol. The zero-order valence-corrected chi connectivity index (χ0v) is 17.9. The van der Waals surface area contributed by atoms with Gasteiger partial charge in [-0.25, -0.2) is 0 Å². The lowest BCUT2D eigenvalue weighted by Crippen LogP contribution is -2.43. The van der Waals surface area contributed by atoms with Crippen molar-refractivity contribution in [2.75, 3.05) is 30.2 Å². The van der Waals surface area contributed by atoms with E-state index in [9.17, 15) is 22.8 Å². The molecular weight excluding hydrogens is 415 g/mol. The zero-order chi connectivity index (χ0) is 22.3. The number of ketones is 1. The highest BCUT2D eigenvalue weighted by molar-refractivity contribution is 8.35. The molecule has 30 heavy (non-hydrogen) atoms. The lowest BCUT2D eigenvalue weighted by molar-refractivity contribution is -0.137. The van der Waals surface area contributed by atoms with Gasteiger partial charge in [-0.2, -0.15) is 28.3 Å². The highest BCUT2D eigenvalue weighted by atomic mass is 32.3. The molecule has 160 valence electrons. The second kappa shape index (κ2) is 7.84. The number of carbonyl (C=O) groups excluding carboxylic acids is 2. The zero-order valence-electron chi connectivity index (χ0n) is 17.1. The van der Waals surface area contributed by atoms with Crippen molar-refractivity contribution in [3.8, 4) is 11.2 Å². The first kappa shape index (κ1) is 22.0. The third-order valence-electron chi connectivity index (χ3n) is 4.54. The van der Waals surface area contributed by atoms with Gasteiger partial charge in [0.05, 0.1) is 29.8 Å². The number of nitrogens with zero attached hydrogens (tertiary/aromatic N) is 3. The number of alkyl halides is 3. The maximum Gasteiger partial charge on any atom is 0.416 e. The average Bonchev–Trinajstić information content (AvgIpc) is 3.09. The van der Waals surface area contributed by atoms with Crippen molar-refractivity contribution in [2.24, 2.45) is 0 Å². The molecule has 3 rings (SSSR count). The SMILES string of the molecule is C[C@H]1CN(c2ccc(C(F)(F)F)cc2)C(=O)c2c(C(=O)CC#CS(C)(C)C)cnn21. The van der Waals surface area contributed by atoms with Crippen LogP contribution in [0.15, 0.2) is 30.5 Å². The van der Waals surface area contributed by atoms with Crippen molar-refractivity contribution in [3.05, 3.63) is 47.3 Å². The third kappa shape index (κ3) is 4.54. The van der Waals surface area contributed by atoms with E-state index in [1.165, 1.54) is 27.9 Å². The maximum absolute atomic E-state index is 13.1. The molecule has 0 saturated heterocycles. The van der Waals surface area contributed by atoms with Gasteiger partial charge in [0.25, 0.3) is 5.91 Å². The molecule has 0 saturated carbocycles. The summed E-state index contributed by atoms with van der Waals surface area (Å²) >= 11 is 0. The average molecular weight is 437 g/mol. The molecule has 1 amide bonds. The van der Waals surface area contributed by atoms with Crippen LogP contribution in [0.3, 0.4) is 0 Å². The van der Waals surface area contributed by atoms with Crippen molar-refractivity contribution >= 4 is 27.4 Å². The molecule has 0 aliphatic carbocycles. The van der Waals surface area contributed by atoms with E-state index in [0.717, 1.165) is 12.1 Å². The van der Waals surface area contributed by atoms with Crippen molar-refractivity contribution in [2.45, 2.75) is 25.6 Å². The number of Topliss-reactive ketones (excluding diaryl/α,β-unsaturated/α-hetero) is 1. The third-order valence-corrected chi connectivity index (χ3v) is 5.30. The Morgan fingerprint density at radius 1 is 1.23 bits per heavy atom. The van der Waals surface area contributed by atoms with Crippen molar-refractivity contribution in [1.29, 1.82) is 0 Å². The fourth-order valence-electron chi connectivity index (χ4n) is 3.15. The Bertz CT molecular complexity index is 1040. The number of carbonyl (C=O) groups is 2. The van der Waals surface area contributed by atoms with Crippen LogP contribution >= 0.6 is 10.0 Å². The van der Waals surface area contributed by atoms with E-state index in [0.29, 0.717) is 5.69 Å². The Morgan fingerprint density at radius 2 is 1.87 bits per heavy atom. The minimum atomic E-state index is -4.45. The number of aromatic nitrogens is 2. The number of halogens is 3. The molecule has 9 heteroatoms. The van der Waals surface area contributed by atoms with Crippen LogP contribution in [0.1, 0.15) is 45.8 Å². The smallest absolute Gasteiger partial charge is 0.305 e. The monoisotopic (exact) mass is 437 g/mol. The summed E-state index contributed by atoms with van der Waals surface area (Å²) in [6.45, 7) is 2.07. The largest absolute Gasteiger partial charge is 0.416 e. The number of rotatable bonds is 3. The van der Waals surface area contributed by atoms with E-state index in [1.807, 2.05) is 25.7 Å². The minimum absolute atomic E-state index is 0.0229. The highest BCUT2D eigenvalue weighted by Crippen LogP contribution is 2.34. The van der Waals surface area contributed by atoms with Gasteiger partial charge in [0.2, 0.25) is 0 Å². The van der Waals surface area contributed by atoms with E-state index < -0.39 is 27.7 Å². The molecule has 0 spiro atoms. The molecule has 0 unspecified atom stereocenters. The van der Waals surface area contributed by atoms with Gasteiger partial charge < -0.3 is 4.90 Å². The molecule has 0 N–H and O–H groups in total. The highest BCUT2D eigenvalue weighted by Gasteiger charge is 2.36. The van der Waals surface area contributed by atoms with Crippen LogP contribution in [-0.4, -0.2) is 46.8 Å². The van der Waals surface area contributed by atoms with Gasteiger partial charge in [-0.15, -0.1) is 0 Å². The molecule has 0 bridgehead atoms. The Labute approximate surface area is 174 Å². The lowest BCUT2D eigenvalue weighted by Gasteiger charge is -2.32. The summed E-state index contributed by atoms with van der Waals surface area (Å²) in [6, 6.07) is 4.16. The second-order valence-electron chi connectivity index (χ2n) is 7.88. The summed E-state index contributed by atoms with van der Waals surface area (Å²) in [5, 5.41) is 7.26. The Hall–Kier alpha value is -2.73. The van der Waals surface area contributed by atoms with E-state index in [2.05, 4.69) is 16.3 Å². The molecule has 1 atom stereocenters. The van der Waals surface area contributed by atoms with Crippen LogP contribution < -0.4 is 4.90 Å². The van der Waals surface area contributed by atoms with Gasteiger partial charge in [0, 0.05) is 12.2 Å². The Kier molecular flexibility index (Phi) is 5.74. The van der Waals surface area contributed by atoms with Crippen LogP contribution in [0.25, 0.3) is 0 Å². The second-order valence-corrected chi connectivity index (χ2v) is 11.8. The molecule has 2 heterocycles. The number of hydrogen-bond donors (Lipinski definition) is 0. The molecule has 1 aromatic carbocycles. The summed E-state index contributed by atoms with van der Waals surface area (Å²) in [7, 11) is -1.07. The summed E-state index contributed by atoms with van der Waals surface area (Å²) < 4.78 is 40.0. The number of benzene rings is 1. The fourth-order valence-corrected chi connectivity index (χ4v) is 3.65. The van der Waals surface area contributed by atoms with E-state index >= 15 is 0 Å². The molecule has 1 aliphatic heterocycles. The number of amides is 1. The van der Waals surface area contributed by atoms with Gasteiger partial charge in [-0.1, -0.05) is 11.2 Å². The first-order valence-electron chi connectivity index (χ1n) is 9.16. The van der Waals surface area contributed by atoms with Crippen LogP contribution in [0.2, 0.25) is 0 Å². The van der Waals surface area contributed by atoms with Crippen LogP contribution in [-0.2, 0) is 6.18 Å². The number of fused-ring (bicyclic) bond motifs is 1. The number of anilines is 1. The van der Waals surface area contributed by atoms with Crippen molar-refractivity contribution < 1.29 is 22.8 Å². The molecular formula is C21H22F3N3O2S. The number of hydrogen-bond acceptors (Lipinski definition) is 3. The first-order valence-corrected chi connectivity index (χ1v) is 12.0. The maximum atomic E-state index is 13.1. The van der Waals surface area contributed by atoms with Crippen molar-refractivity contribution in [3.63, 3.8) is 0 Å². The standard InChI is InChI=1S/C21H22F3N3O2S/c1-14-13-26(16-9-7-15(8-10-16)21(22,23)24)20(29)19-17(12-25-27(14)19)18(28)6-5-11-30(2,3)4/h7-10,12,14H,6,13H2,1-4H3/t14-/m0/s1. The quantitative estimate of drug-likeness (QED) is 0.530. The predicted octanol–water partition coefficient (Wildman–Crippen LogP) is 4.35. The summed E-state index contributed by atoms with van der Waals surface area (Å²) in [5.74, 6) is 2.11. The van der Waals surface area contributed by atoms with Gasteiger partial charge in [-0.3, -0.25) is 14.3 Å². The minimum Gasteiger partial charge on any atom is -0.305 e. The first-order chi connectivity index (χ1) is 13.9. The molecule has 0 radical (unpaired) electrons. The molecule has 0 fully saturated rings. The Morgan fingerprint density at radius 3 is 2.43 bits per heavy atom.